The summed E-state index contributed by atoms with van der Waals surface area (Å²) in [5.41, 5.74) is 5.38. The van der Waals surface area contributed by atoms with Gasteiger partial charge >= 0.3 is 0 Å². The van der Waals surface area contributed by atoms with Gasteiger partial charge in [0.2, 0.25) is 5.91 Å². The predicted molar refractivity (Wildman–Crippen MR) is 100 cm³/mol. The minimum atomic E-state index is -0.807. The van der Waals surface area contributed by atoms with E-state index in [4.69, 9.17) is 19.9 Å². The monoisotopic (exact) mass is 378 g/mol. The quantitative estimate of drug-likeness (QED) is 0.654. The van der Waals surface area contributed by atoms with Crippen molar-refractivity contribution in [3.63, 3.8) is 0 Å². The standard InChI is InChI=1S/C18H34N2O4.ClH/c1-5-23-15-13-18(19,17(15,2)3)16(21)20-9-7-14(8-10-20)24-12-6-11-22-4;/h14-15H,5-13,19H2,1-4H3;1H. The molecule has 2 unspecified atom stereocenters. The van der Waals surface area contributed by atoms with Crippen molar-refractivity contribution in [1.82, 2.24) is 4.90 Å². The molecule has 2 atom stereocenters. The minimum Gasteiger partial charge on any atom is -0.385 e. The van der Waals surface area contributed by atoms with Crippen molar-refractivity contribution < 1.29 is 19.0 Å². The van der Waals surface area contributed by atoms with E-state index in [1.165, 1.54) is 0 Å². The van der Waals surface area contributed by atoms with Gasteiger partial charge in [-0.3, -0.25) is 4.79 Å². The lowest BCUT2D eigenvalue weighted by Crippen LogP contribution is -2.76. The first-order chi connectivity index (χ1) is 11.4. The van der Waals surface area contributed by atoms with Gasteiger partial charge in [0.25, 0.3) is 0 Å². The molecule has 7 heteroatoms. The van der Waals surface area contributed by atoms with Crippen LogP contribution >= 0.6 is 12.4 Å². The maximum absolute atomic E-state index is 13.0. The highest BCUT2D eigenvalue weighted by Crippen LogP contribution is 2.50. The Morgan fingerprint density at radius 1 is 1.20 bits per heavy atom. The number of nitrogens with zero attached hydrogens (tertiary/aromatic N) is 1. The van der Waals surface area contributed by atoms with Gasteiger partial charge in [0, 0.05) is 51.9 Å². The molecule has 2 aliphatic rings. The van der Waals surface area contributed by atoms with Crippen LogP contribution in [-0.4, -0.2) is 68.6 Å². The van der Waals surface area contributed by atoms with E-state index in [9.17, 15) is 4.79 Å². The van der Waals surface area contributed by atoms with Gasteiger partial charge < -0.3 is 24.8 Å². The summed E-state index contributed by atoms with van der Waals surface area (Å²) in [5.74, 6) is 0.0706. The lowest BCUT2D eigenvalue weighted by molar-refractivity contribution is -0.181. The third-order valence-corrected chi connectivity index (χ3v) is 5.79. The molecule has 0 bridgehead atoms. The molecule has 0 spiro atoms. The number of ether oxygens (including phenoxy) is 3. The summed E-state index contributed by atoms with van der Waals surface area (Å²) in [6, 6.07) is 0. The summed E-state index contributed by atoms with van der Waals surface area (Å²) >= 11 is 0. The minimum absolute atomic E-state index is 0. The summed E-state index contributed by atoms with van der Waals surface area (Å²) in [4.78, 5) is 14.9. The summed E-state index contributed by atoms with van der Waals surface area (Å²) in [6.45, 7) is 9.61. The van der Waals surface area contributed by atoms with Crippen molar-refractivity contribution in [2.75, 3.05) is 40.0 Å². The van der Waals surface area contributed by atoms with E-state index in [0.717, 1.165) is 45.6 Å². The van der Waals surface area contributed by atoms with Crippen molar-refractivity contribution in [1.29, 1.82) is 0 Å². The highest BCUT2D eigenvalue weighted by molar-refractivity contribution is 5.89. The summed E-state index contributed by atoms with van der Waals surface area (Å²) in [5, 5.41) is 0. The first-order valence-electron chi connectivity index (χ1n) is 9.17. The first-order valence-corrected chi connectivity index (χ1v) is 9.17. The summed E-state index contributed by atoms with van der Waals surface area (Å²) in [6.07, 6.45) is 3.59. The van der Waals surface area contributed by atoms with E-state index >= 15 is 0 Å². The maximum atomic E-state index is 13.0. The molecule has 6 nitrogen and oxygen atoms in total. The number of carbonyl (C=O) groups is 1. The fraction of sp³-hybridized carbons (Fsp3) is 0.944. The number of likely N-dealkylation sites (tertiary alicyclic amines) is 1. The number of rotatable bonds is 8. The Hall–Kier alpha value is -0.400. The zero-order chi connectivity index (χ0) is 17.8. The van der Waals surface area contributed by atoms with Gasteiger partial charge in [-0.15, -0.1) is 12.4 Å². The van der Waals surface area contributed by atoms with Crippen molar-refractivity contribution in [3.8, 4) is 0 Å². The van der Waals surface area contributed by atoms with Crippen LogP contribution in [0.1, 0.15) is 46.5 Å². The van der Waals surface area contributed by atoms with E-state index in [-0.39, 0.29) is 35.9 Å². The topological polar surface area (TPSA) is 74.0 Å². The molecule has 1 aliphatic carbocycles. The number of halogens is 1. The van der Waals surface area contributed by atoms with Crippen LogP contribution in [0.2, 0.25) is 0 Å². The molecule has 2 rings (SSSR count). The van der Waals surface area contributed by atoms with E-state index in [1.807, 2.05) is 25.7 Å². The molecule has 0 radical (unpaired) electrons. The normalized spacial score (nSPS) is 29.0. The number of hydrogen-bond donors (Lipinski definition) is 1. The molecular weight excluding hydrogens is 344 g/mol. The Labute approximate surface area is 158 Å². The van der Waals surface area contributed by atoms with Crippen molar-refractivity contribution in [2.24, 2.45) is 11.1 Å². The predicted octanol–water partition coefficient (Wildman–Crippen LogP) is 1.98. The van der Waals surface area contributed by atoms with Gasteiger partial charge in [0.15, 0.2) is 0 Å². The van der Waals surface area contributed by atoms with Crippen molar-refractivity contribution in [3.05, 3.63) is 0 Å². The maximum Gasteiger partial charge on any atom is 0.243 e. The number of carbonyl (C=O) groups excluding carboxylic acids is 1. The van der Waals surface area contributed by atoms with Crippen LogP contribution in [0, 0.1) is 5.41 Å². The zero-order valence-corrected chi connectivity index (χ0v) is 16.9. The second-order valence-corrected chi connectivity index (χ2v) is 7.55. The number of piperidine rings is 1. The fourth-order valence-electron chi connectivity index (χ4n) is 3.76. The third-order valence-electron chi connectivity index (χ3n) is 5.79. The number of methoxy groups -OCH3 is 1. The Kier molecular flexibility index (Phi) is 8.61. The Morgan fingerprint density at radius 3 is 2.36 bits per heavy atom. The number of nitrogens with two attached hydrogens (primary N) is 1. The molecule has 25 heavy (non-hydrogen) atoms. The van der Waals surface area contributed by atoms with Crippen LogP contribution in [0.15, 0.2) is 0 Å². The molecule has 0 aromatic heterocycles. The Balaban J connectivity index is 0.00000312. The van der Waals surface area contributed by atoms with E-state index < -0.39 is 5.54 Å². The lowest BCUT2D eigenvalue weighted by atomic mass is 9.54. The van der Waals surface area contributed by atoms with Crippen LogP contribution in [0.25, 0.3) is 0 Å². The molecule has 1 amide bonds. The Morgan fingerprint density at radius 2 is 1.84 bits per heavy atom. The van der Waals surface area contributed by atoms with Crippen LogP contribution in [-0.2, 0) is 19.0 Å². The summed E-state index contributed by atoms with van der Waals surface area (Å²) < 4.78 is 16.6. The second-order valence-electron chi connectivity index (χ2n) is 7.55. The van der Waals surface area contributed by atoms with Gasteiger partial charge in [-0.25, -0.2) is 0 Å². The van der Waals surface area contributed by atoms with Crippen LogP contribution in [0.5, 0.6) is 0 Å². The SMILES string of the molecule is CCOC1CC(N)(C(=O)N2CCC(OCCCOC)CC2)C1(C)C.Cl. The number of amides is 1. The van der Waals surface area contributed by atoms with Crippen LogP contribution in [0.4, 0.5) is 0 Å². The Bertz CT molecular complexity index is 427. The molecule has 2 N–H and O–H groups in total. The second kappa shape index (κ2) is 9.51. The van der Waals surface area contributed by atoms with Crippen molar-refractivity contribution in [2.45, 2.75) is 64.2 Å². The van der Waals surface area contributed by atoms with Crippen molar-refractivity contribution >= 4 is 18.3 Å². The highest BCUT2D eigenvalue weighted by Gasteiger charge is 2.63. The molecule has 1 heterocycles. The van der Waals surface area contributed by atoms with Gasteiger partial charge in [0.05, 0.1) is 12.2 Å². The van der Waals surface area contributed by atoms with E-state index in [2.05, 4.69) is 0 Å². The summed E-state index contributed by atoms with van der Waals surface area (Å²) in [7, 11) is 1.70. The first kappa shape index (κ1) is 22.6. The van der Waals surface area contributed by atoms with Gasteiger partial charge in [-0.1, -0.05) is 13.8 Å². The fourth-order valence-corrected chi connectivity index (χ4v) is 3.76. The molecule has 2 fully saturated rings. The molecular formula is C18H35ClN2O4. The zero-order valence-electron chi connectivity index (χ0n) is 16.1. The van der Waals surface area contributed by atoms with Gasteiger partial charge in [0.1, 0.15) is 5.54 Å². The van der Waals surface area contributed by atoms with E-state index in [0.29, 0.717) is 13.0 Å². The average Bonchev–Trinajstić information content (AvgIpc) is 2.58. The molecule has 0 aromatic carbocycles. The van der Waals surface area contributed by atoms with Gasteiger partial charge in [-0.05, 0) is 26.2 Å². The molecule has 1 aliphatic heterocycles. The lowest BCUT2D eigenvalue weighted by Gasteiger charge is -2.59. The molecule has 1 saturated heterocycles. The molecule has 1 saturated carbocycles. The smallest absolute Gasteiger partial charge is 0.243 e. The third kappa shape index (κ3) is 4.66. The number of hydrogen-bond acceptors (Lipinski definition) is 5. The van der Waals surface area contributed by atoms with Crippen LogP contribution in [0.3, 0.4) is 0 Å². The molecule has 0 aromatic rings. The largest absolute Gasteiger partial charge is 0.385 e. The van der Waals surface area contributed by atoms with Gasteiger partial charge in [-0.2, -0.15) is 0 Å². The average molecular weight is 379 g/mol. The van der Waals surface area contributed by atoms with Crippen LogP contribution < -0.4 is 5.73 Å². The highest BCUT2D eigenvalue weighted by atomic mass is 35.5. The van der Waals surface area contributed by atoms with E-state index in [1.54, 1.807) is 7.11 Å². The molecule has 148 valence electrons.